The maximum absolute atomic E-state index is 5.65. The lowest BCUT2D eigenvalue weighted by Gasteiger charge is -2.10. The molecule has 1 heterocycles. The van der Waals surface area contributed by atoms with E-state index in [0.717, 1.165) is 23.9 Å². The van der Waals surface area contributed by atoms with E-state index in [2.05, 4.69) is 15.5 Å². The molecule has 0 saturated carbocycles. The van der Waals surface area contributed by atoms with Crippen LogP contribution in [0.15, 0.2) is 30.6 Å². The van der Waals surface area contributed by atoms with Crippen molar-refractivity contribution in [1.82, 2.24) is 20.1 Å². The first kappa shape index (κ1) is 13.4. The third-order valence-corrected chi connectivity index (χ3v) is 2.69. The second-order valence-corrected chi connectivity index (χ2v) is 4.03. The minimum Gasteiger partial charge on any atom is -0.493 e. The van der Waals surface area contributed by atoms with Crippen LogP contribution in [0, 0.1) is 0 Å². The van der Waals surface area contributed by atoms with E-state index in [1.165, 1.54) is 0 Å². The molecule has 0 fully saturated rings. The molecule has 0 aliphatic rings. The van der Waals surface area contributed by atoms with Crippen LogP contribution in [0.2, 0.25) is 0 Å². The number of nitrogens with one attached hydrogen (secondary N) is 1. The molecule has 0 amide bonds. The number of ether oxygens (including phenoxy) is 2. The summed E-state index contributed by atoms with van der Waals surface area (Å²) in [4.78, 5) is 0. The summed E-state index contributed by atoms with van der Waals surface area (Å²) in [5.41, 5.74) is 0. The molecule has 19 heavy (non-hydrogen) atoms. The van der Waals surface area contributed by atoms with Gasteiger partial charge in [0.05, 0.1) is 13.7 Å². The predicted octanol–water partition coefficient (Wildman–Crippen LogP) is 0.992. The van der Waals surface area contributed by atoms with Crippen molar-refractivity contribution in [2.45, 2.75) is 6.54 Å². The number of hydrogen-bond donors (Lipinski definition) is 1. The van der Waals surface area contributed by atoms with E-state index in [-0.39, 0.29) is 0 Å². The molecule has 0 aliphatic carbocycles. The minimum absolute atomic E-state index is 0.568. The first-order valence-electron chi connectivity index (χ1n) is 6.10. The number of aromatic nitrogens is 3. The molecule has 0 saturated heterocycles. The van der Waals surface area contributed by atoms with Crippen molar-refractivity contribution in [3.05, 3.63) is 36.4 Å². The summed E-state index contributed by atoms with van der Waals surface area (Å²) in [5.74, 6) is 2.40. The standard InChI is InChI=1S/C13H18N4O2/c1-17-10-15-16-13(17)9-14-7-8-19-12-6-4-3-5-11(12)18-2/h3-6,10,14H,7-9H2,1-2H3. The average molecular weight is 262 g/mol. The monoisotopic (exact) mass is 262 g/mol. The SMILES string of the molecule is COc1ccccc1OCCNCc1nncn1C. The highest BCUT2D eigenvalue weighted by Crippen LogP contribution is 2.25. The van der Waals surface area contributed by atoms with Crippen LogP contribution in [0.4, 0.5) is 0 Å². The fraction of sp³-hybridized carbons (Fsp3) is 0.385. The van der Waals surface area contributed by atoms with Gasteiger partial charge in [0.2, 0.25) is 0 Å². The van der Waals surface area contributed by atoms with Gasteiger partial charge >= 0.3 is 0 Å². The molecule has 1 N–H and O–H groups in total. The van der Waals surface area contributed by atoms with E-state index < -0.39 is 0 Å². The van der Waals surface area contributed by atoms with Crippen molar-refractivity contribution in [3.8, 4) is 11.5 Å². The number of hydrogen-bond acceptors (Lipinski definition) is 5. The Morgan fingerprint density at radius 3 is 2.74 bits per heavy atom. The number of rotatable bonds is 7. The quantitative estimate of drug-likeness (QED) is 0.754. The molecule has 0 aliphatic heterocycles. The van der Waals surface area contributed by atoms with Crippen LogP contribution >= 0.6 is 0 Å². The molecule has 6 nitrogen and oxygen atoms in total. The van der Waals surface area contributed by atoms with Gasteiger partial charge in [0.1, 0.15) is 18.8 Å². The van der Waals surface area contributed by atoms with Crippen LogP contribution in [-0.2, 0) is 13.6 Å². The summed E-state index contributed by atoms with van der Waals surface area (Å²) < 4.78 is 12.7. The Hall–Kier alpha value is -2.08. The first-order valence-corrected chi connectivity index (χ1v) is 6.10. The number of nitrogens with zero attached hydrogens (tertiary/aromatic N) is 3. The van der Waals surface area contributed by atoms with Crippen LogP contribution < -0.4 is 14.8 Å². The Labute approximate surface area is 112 Å². The minimum atomic E-state index is 0.568. The summed E-state index contributed by atoms with van der Waals surface area (Å²) in [6.45, 7) is 1.97. The second-order valence-electron chi connectivity index (χ2n) is 4.03. The average Bonchev–Trinajstić information content (AvgIpc) is 2.84. The Balaban J connectivity index is 1.71. The first-order chi connectivity index (χ1) is 9.31. The highest BCUT2D eigenvalue weighted by Gasteiger charge is 2.02. The number of aryl methyl sites for hydroxylation is 1. The fourth-order valence-electron chi connectivity index (χ4n) is 1.64. The van der Waals surface area contributed by atoms with Crippen molar-refractivity contribution in [3.63, 3.8) is 0 Å². The second kappa shape index (κ2) is 6.75. The van der Waals surface area contributed by atoms with E-state index in [0.29, 0.717) is 13.2 Å². The summed E-state index contributed by atoms with van der Waals surface area (Å²) in [6.07, 6.45) is 1.68. The molecule has 6 heteroatoms. The van der Waals surface area contributed by atoms with E-state index in [1.54, 1.807) is 13.4 Å². The smallest absolute Gasteiger partial charge is 0.161 e. The zero-order valence-electron chi connectivity index (χ0n) is 11.2. The van der Waals surface area contributed by atoms with E-state index in [9.17, 15) is 0 Å². The molecule has 0 radical (unpaired) electrons. The number of para-hydroxylation sites is 2. The van der Waals surface area contributed by atoms with Gasteiger partial charge in [0.15, 0.2) is 11.5 Å². The lowest BCUT2D eigenvalue weighted by molar-refractivity contribution is 0.291. The molecule has 1 aromatic heterocycles. The van der Waals surface area contributed by atoms with Crippen LogP contribution in [-0.4, -0.2) is 35.0 Å². The maximum atomic E-state index is 5.65. The highest BCUT2D eigenvalue weighted by atomic mass is 16.5. The Morgan fingerprint density at radius 1 is 1.26 bits per heavy atom. The maximum Gasteiger partial charge on any atom is 0.161 e. The topological polar surface area (TPSA) is 61.2 Å². The largest absolute Gasteiger partial charge is 0.493 e. The van der Waals surface area contributed by atoms with E-state index in [4.69, 9.17) is 9.47 Å². The third kappa shape index (κ3) is 3.69. The summed E-state index contributed by atoms with van der Waals surface area (Å²) in [7, 11) is 3.55. The van der Waals surface area contributed by atoms with Gasteiger partial charge in [-0.25, -0.2) is 0 Å². The summed E-state index contributed by atoms with van der Waals surface area (Å²) in [5, 5.41) is 11.1. The van der Waals surface area contributed by atoms with Gasteiger partial charge in [0.25, 0.3) is 0 Å². The summed E-state index contributed by atoms with van der Waals surface area (Å²) in [6, 6.07) is 7.60. The number of methoxy groups -OCH3 is 1. The van der Waals surface area contributed by atoms with Crippen LogP contribution in [0.1, 0.15) is 5.82 Å². The van der Waals surface area contributed by atoms with E-state index >= 15 is 0 Å². The summed E-state index contributed by atoms with van der Waals surface area (Å²) >= 11 is 0. The molecule has 1 aromatic carbocycles. The molecular weight excluding hydrogens is 244 g/mol. The van der Waals surface area contributed by atoms with Gasteiger partial charge in [0, 0.05) is 13.6 Å². The van der Waals surface area contributed by atoms with Gasteiger partial charge < -0.3 is 19.4 Å². The molecular formula is C13H18N4O2. The molecule has 2 aromatic rings. The predicted molar refractivity (Wildman–Crippen MR) is 71.2 cm³/mol. The molecule has 2 rings (SSSR count). The van der Waals surface area contributed by atoms with Crippen molar-refractivity contribution in [2.75, 3.05) is 20.3 Å². The number of benzene rings is 1. The van der Waals surface area contributed by atoms with Crippen LogP contribution in [0.3, 0.4) is 0 Å². The molecule has 0 bridgehead atoms. The van der Waals surface area contributed by atoms with Gasteiger partial charge in [-0.2, -0.15) is 0 Å². The van der Waals surface area contributed by atoms with Gasteiger partial charge in [-0.05, 0) is 12.1 Å². The Bertz CT molecular complexity index is 513. The van der Waals surface area contributed by atoms with Crippen molar-refractivity contribution < 1.29 is 9.47 Å². The zero-order valence-corrected chi connectivity index (χ0v) is 11.2. The lowest BCUT2D eigenvalue weighted by atomic mass is 10.3. The van der Waals surface area contributed by atoms with Crippen LogP contribution in [0.5, 0.6) is 11.5 Å². The normalized spacial score (nSPS) is 10.4. The third-order valence-electron chi connectivity index (χ3n) is 2.69. The Kier molecular flexibility index (Phi) is 4.74. The van der Waals surface area contributed by atoms with Gasteiger partial charge in [-0.1, -0.05) is 12.1 Å². The van der Waals surface area contributed by atoms with Gasteiger partial charge in [-0.3, -0.25) is 0 Å². The molecule has 102 valence electrons. The lowest BCUT2D eigenvalue weighted by Crippen LogP contribution is -2.22. The molecule has 0 spiro atoms. The molecule has 0 unspecified atom stereocenters. The zero-order chi connectivity index (χ0) is 13.5. The highest BCUT2D eigenvalue weighted by molar-refractivity contribution is 5.39. The van der Waals surface area contributed by atoms with Crippen molar-refractivity contribution in [1.29, 1.82) is 0 Å². The fourth-order valence-corrected chi connectivity index (χ4v) is 1.64. The Morgan fingerprint density at radius 2 is 2.05 bits per heavy atom. The van der Waals surface area contributed by atoms with Crippen molar-refractivity contribution >= 4 is 0 Å². The van der Waals surface area contributed by atoms with E-state index in [1.807, 2.05) is 35.9 Å². The molecule has 0 atom stereocenters. The van der Waals surface area contributed by atoms with Crippen LogP contribution in [0.25, 0.3) is 0 Å². The van der Waals surface area contributed by atoms with Gasteiger partial charge in [-0.15, -0.1) is 10.2 Å². The van der Waals surface area contributed by atoms with Crippen molar-refractivity contribution in [2.24, 2.45) is 7.05 Å².